The zero-order chi connectivity index (χ0) is 13.0. The average molecular weight is 241 g/mol. The highest BCUT2D eigenvalue weighted by Gasteiger charge is 2.06. The van der Waals surface area contributed by atoms with E-state index in [2.05, 4.69) is 11.2 Å². The predicted octanol–water partition coefficient (Wildman–Crippen LogP) is 2.62. The number of hydrogen-bond donors (Lipinski definition) is 1. The molecule has 90 valence electrons. The summed E-state index contributed by atoms with van der Waals surface area (Å²) in [6.45, 7) is 0. The van der Waals surface area contributed by atoms with Crippen LogP contribution in [0.3, 0.4) is 0 Å². The third-order valence-corrected chi connectivity index (χ3v) is 2.42. The van der Waals surface area contributed by atoms with Gasteiger partial charge >= 0.3 is 0 Å². The van der Waals surface area contributed by atoms with E-state index in [1.165, 1.54) is 24.3 Å². The zero-order valence-corrected chi connectivity index (χ0v) is 9.28. The fourth-order valence-electron chi connectivity index (χ4n) is 1.55. The van der Waals surface area contributed by atoms with Crippen LogP contribution in [0.25, 0.3) is 0 Å². The van der Waals surface area contributed by atoms with Gasteiger partial charge in [0.15, 0.2) is 0 Å². The lowest BCUT2D eigenvalue weighted by atomic mass is 10.0. The van der Waals surface area contributed by atoms with Crippen molar-refractivity contribution < 1.29 is 10.1 Å². The Balaban J connectivity index is 2.38. The Morgan fingerprint density at radius 1 is 1.22 bits per heavy atom. The van der Waals surface area contributed by atoms with Crippen molar-refractivity contribution in [2.45, 2.75) is 0 Å². The molecule has 0 aliphatic carbocycles. The molecule has 0 unspecified atom stereocenters. The smallest absolute Gasteiger partial charge is 0.269 e. The van der Waals surface area contributed by atoms with Crippen molar-refractivity contribution in [2.24, 2.45) is 5.16 Å². The van der Waals surface area contributed by atoms with Crippen molar-refractivity contribution in [1.29, 1.82) is 0 Å². The molecule has 0 aliphatic heterocycles. The number of hydrogen-bond acceptors (Lipinski definition) is 4. The van der Waals surface area contributed by atoms with Crippen molar-refractivity contribution in [2.75, 3.05) is 0 Å². The van der Waals surface area contributed by atoms with Crippen LogP contribution in [-0.4, -0.2) is 15.8 Å². The Hall–Kier alpha value is -2.69. The van der Waals surface area contributed by atoms with Gasteiger partial charge in [-0.15, -0.1) is 41.1 Å². The van der Waals surface area contributed by atoms with Crippen LogP contribution >= 0.6 is 0 Å². The number of nitro groups is 1. The molecule has 0 saturated heterocycles. The first-order valence-electron chi connectivity index (χ1n) is 5.16. The highest BCUT2D eigenvalue weighted by atomic mass is 16.6. The molecule has 1 N–H and O–H groups in total. The minimum absolute atomic E-state index is 0.00641. The van der Waals surface area contributed by atoms with E-state index in [1.54, 1.807) is 24.3 Å². The lowest BCUT2D eigenvalue weighted by molar-refractivity contribution is -0.384. The third kappa shape index (κ3) is 2.35. The van der Waals surface area contributed by atoms with Gasteiger partial charge < -0.3 is 5.21 Å². The van der Waals surface area contributed by atoms with Gasteiger partial charge in [0, 0.05) is 17.8 Å². The minimum atomic E-state index is -0.478. The summed E-state index contributed by atoms with van der Waals surface area (Å²) in [5, 5.41) is 22.8. The predicted molar refractivity (Wildman–Crippen MR) is 65.8 cm³/mol. The van der Waals surface area contributed by atoms with Crippen molar-refractivity contribution in [3.63, 3.8) is 0 Å². The fraction of sp³-hybridized carbons (Fsp3) is 0. The molecule has 18 heavy (non-hydrogen) atoms. The molecule has 2 aromatic carbocycles. The highest BCUT2D eigenvalue weighted by molar-refractivity contribution is 6.12. The number of oxime groups is 1. The van der Waals surface area contributed by atoms with Gasteiger partial charge in [-0.2, -0.15) is 0 Å². The highest BCUT2D eigenvalue weighted by Crippen LogP contribution is 2.15. The van der Waals surface area contributed by atoms with E-state index in [0.29, 0.717) is 16.8 Å². The molecule has 5 nitrogen and oxygen atoms in total. The summed E-state index contributed by atoms with van der Waals surface area (Å²) in [6, 6.07) is 15.8. The second-order valence-corrected chi connectivity index (χ2v) is 3.53. The fourth-order valence-corrected chi connectivity index (χ4v) is 1.55. The van der Waals surface area contributed by atoms with Crippen LogP contribution in [-0.2, 0) is 0 Å². The quantitative estimate of drug-likeness (QED) is 0.295. The third-order valence-electron chi connectivity index (χ3n) is 2.42. The van der Waals surface area contributed by atoms with Gasteiger partial charge in [0.2, 0.25) is 0 Å². The van der Waals surface area contributed by atoms with Crippen LogP contribution < -0.4 is 0 Å². The second-order valence-electron chi connectivity index (χ2n) is 3.53. The maximum atomic E-state index is 10.5. The molecule has 2 aromatic rings. The average Bonchev–Trinajstić information content (AvgIpc) is 2.41. The van der Waals surface area contributed by atoms with Crippen LogP contribution in [0.2, 0.25) is 0 Å². The van der Waals surface area contributed by atoms with E-state index in [0.717, 1.165) is 0 Å². The molecular formula is C13H9N2O3-. The lowest BCUT2D eigenvalue weighted by Gasteiger charge is -2.10. The van der Waals surface area contributed by atoms with Crippen LogP contribution in [0.15, 0.2) is 53.7 Å². The number of rotatable bonds is 3. The number of non-ortho nitro benzene ring substituents is 1. The number of nitrogens with zero attached hydrogens (tertiary/aromatic N) is 2. The Kier molecular flexibility index (Phi) is 3.33. The Bertz CT molecular complexity index is 577. The molecule has 0 amide bonds. The molecule has 0 radical (unpaired) electrons. The second kappa shape index (κ2) is 5.09. The summed E-state index contributed by atoms with van der Waals surface area (Å²) in [4.78, 5) is 10.1. The molecule has 5 heteroatoms. The number of benzene rings is 2. The first-order valence-corrected chi connectivity index (χ1v) is 5.16. The summed E-state index contributed by atoms with van der Waals surface area (Å²) in [7, 11) is 0. The normalized spacial score (nSPS) is 11.2. The van der Waals surface area contributed by atoms with Gasteiger partial charge in [-0.25, -0.2) is 0 Å². The van der Waals surface area contributed by atoms with Crippen LogP contribution in [0.4, 0.5) is 5.69 Å². The van der Waals surface area contributed by atoms with E-state index in [-0.39, 0.29) is 5.69 Å². The Morgan fingerprint density at radius 3 is 2.44 bits per heavy atom. The Morgan fingerprint density at radius 2 is 1.94 bits per heavy atom. The van der Waals surface area contributed by atoms with Gasteiger partial charge in [0.1, 0.15) is 0 Å². The lowest BCUT2D eigenvalue weighted by Crippen LogP contribution is -2.03. The minimum Gasteiger partial charge on any atom is -0.419 e. The summed E-state index contributed by atoms with van der Waals surface area (Å²) in [6.07, 6.45) is 0. The Labute approximate surface area is 103 Å². The monoisotopic (exact) mass is 241 g/mol. The standard InChI is InChI=1S/C13H9N2O3/c16-14-13(10-4-2-1-3-5-10)11-6-8-12(9-7-11)15(17)18/h1-4,6-9,16H/q-1/b14-13+. The maximum Gasteiger partial charge on any atom is 0.269 e. The molecule has 0 aromatic heterocycles. The van der Waals surface area contributed by atoms with Crippen molar-refractivity contribution in [3.05, 3.63) is 75.8 Å². The summed E-state index contributed by atoms with van der Waals surface area (Å²) in [5.41, 5.74) is 1.53. The van der Waals surface area contributed by atoms with Crippen molar-refractivity contribution in [1.82, 2.24) is 0 Å². The summed E-state index contributed by atoms with van der Waals surface area (Å²) >= 11 is 0. The van der Waals surface area contributed by atoms with Gasteiger partial charge in [0.05, 0.1) is 4.92 Å². The molecular weight excluding hydrogens is 232 g/mol. The maximum absolute atomic E-state index is 10.5. The first-order chi connectivity index (χ1) is 8.72. The molecule has 0 atom stereocenters. The van der Waals surface area contributed by atoms with E-state index in [1.807, 2.05) is 0 Å². The van der Waals surface area contributed by atoms with Crippen LogP contribution in [0, 0.1) is 16.2 Å². The van der Waals surface area contributed by atoms with Crippen molar-refractivity contribution >= 4 is 11.4 Å². The van der Waals surface area contributed by atoms with E-state index < -0.39 is 4.92 Å². The van der Waals surface area contributed by atoms with E-state index in [4.69, 9.17) is 5.21 Å². The molecule has 0 bridgehead atoms. The molecule has 0 spiro atoms. The largest absolute Gasteiger partial charge is 0.419 e. The molecule has 0 fully saturated rings. The summed E-state index contributed by atoms with van der Waals surface area (Å²) < 4.78 is 0. The molecule has 0 heterocycles. The van der Waals surface area contributed by atoms with Gasteiger partial charge in [-0.1, -0.05) is 12.1 Å². The van der Waals surface area contributed by atoms with Crippen LogP contribution in [0.5, 0.6) is 0 Å². The van der Waals surface area contributed by atoms with E-state index >= 15 is 0 Å². The molecule has 0 saturated carbocycles. The van der Waals surface area contributed by atoms with Crippen LogP contribution in [0.1, 0.15) is 11.1 Å². The SMILES string of the molecule is O=[N+]([O-])c1ccc(/C(=N/O)c2[c-]cccc2)cc1. The van der Waals surface area contributed by atoms with Gasteiger partial charge in [0.25, 0.3) is 5.69 Å². The number of nitro benzene ring substituents is 1. The summed E-state index contributed by atoms with van der Waals surface area (Å²) in [5.74, 6) is 0. The zero-order valence-electron chi connectivity index (χ0n) is 9.28. The van der Waals surface area contributed by atoms with Gasteiger partial charge in [-0.05, 0) is 5.56 Å². The van der Waals surface area contributed by atoms with E-state index in [9.17, 15) is 10.1 Å². The molecule has 2 rings (SSSR count). The first kappa shape index (κ1) is 11.8. The topological polar surface area (TPSA) is 75.7 Å². The molecule has 0 aliphatic rings. The van der Waals surface area contributed by atoms with Crippen molar-refractivity contribution in [3.8, 4) is 0 Å². The van der Waals surface area contributed by atoms with Gasteiger partial charge in [-0.3, -0.25) is 10.1 Å².